The molecule has 0 aromatic heterocycles. The first-order valence-corrected chi connectivity index (χ1v) is 4.50. The van der Waals surface area contributed by atoms with Gasteiger partial charge in [-0.05, 0) is 20.8 Å². The summed E-state index contributed by atoms with van der Waals surface area (Å²) in [5.41, 5.74) is 0. The summed E-state index contributed by atoms with van der Waals surface area (Å²) in [6.07, 6.45) is -0.0946. The first kappa shape index (κ1) is 9.12. The zero-order chi connectivity index (χ0) is 9.64. The Hall–Kier alpha value is -0.450. The monoisotopic (exact) mass is 186 g/mol. The number of carbonyl (C=O) groups excluding carboxylic acids is 1. The van der Waals surface area contributed by atoms with Crippen molar-refractivity contribution in [3.05, 3.63) is 0 Å². The summed E-state index contributed by atoms with van der Waals surface area (Å²) < 4.78 is 16.5. The van der Waals surface area contributed by atoms with Crippen LogP contribution in [0.15, 0.2) is 0 Å². The Bertz CT molecular complexity index is 226. The third-order valence-corrected chi connectivity index (χ3v) is 2.46. The molecule has 0 bridgehead atoms. The molecule has 0 aromatic rings. The summed E-state index contributed by atoms with van der Waals surface area (Å²) in [7, 11) is 0. The Morgan fingerprint density at radius 3 is 2.46 bits per heavy atom. The molecule has 2 rings (SSSR count). The van der Waals surface area contributed by atoms with Gasteiger partial charge in [-0.2, -0.15) is 0 Å². The van der Waals surface area contributed by atoms with Gasteiger partial charge in [-0.1, -0.05) is 0 Å². The lowest BCUT2D eigenvalue weighted by atomic mass is 10.1. The SMILES string of the molecule is C[C@@H]1O[C@H](C=O)[C@H]2OC(C)(C)O[C@H]21. The molecule has 2 fully saturated rings. The lowest BCUT2D eigenvalue weighted by Gasteiger charge is -2.21. The van der Waals surface area contributed by atoms with Crippen LogP contribution in [-0.2, 0) is 19.0 Å². The molecule has 0 radical (unpaired) electrons. The number of fused-ring (bicyclic) bond motifs is 1. The third kappa shape index (κ3) is 1.39. The van der Waals surface area contributed by atoms with Crippen LogP contribution in [0, 0.1) is 0 Å². The zero-order valence-corrected chi connectivity index (χ0v) is 8.02. The van der Waals surface area contributed by atoms with Gasteiger partial charge in [0, 0.05) is 0 Å². The van der Waals surface area contributed by atoms with Gasteiger partial charge in [-0.15, -0.1) is 0 Å². The first-order chi connectivity index (χ1) is 6.03. The van der Waals surface area contributed by atoms with Gasteiger partial charge in [-0.25, -0.2) is 0 Å². The van der Waals surface area contributed by atoms with E-state index in [0.29, 0.717) is 0 Å². The molecule has 2 aliphatic rings. The average molecular weight is 186 g/mol. The molecule has 4 nitrogen and oxygen atoms in total. The highest BCUT2D eigenvalue weighted by atomic mass is 16.8. The quantitative estimate of drug-likeness (QED) is 0.559. The van der Waals surface area contributed by atoms with Crippen molar-refractivity contribution in [1.29, 1.82) is 0 Å². The van der Waals surface area contributed by atoms with E-state index < -0.39 is 11.9 Å². The molecule has 2 saturated heterocycles. The molecular formula is C9H14O4. The van der Waals surface area contributed by atoms with Gasteiger partial charge >= 0.3 is 0 Å². The molecule has 74 valence electrons. The van der Waals surface area contributed by atoms with Gasteiger partial charge < -0.3 is 19.0 Å². The number of aldehydes is 1. The lowest BCUT2D eigenvalue weighted by molar-refractivity contribution is -0.183. The van der Waals surface area contributed by atoms with Crippen molar-refractivity contribution in [1.82, 2.24) is 0 Å². The molecule has 0 aromatic carbocycles. The molecule has 0 spiro atoms. The maximum absolute atomic E-state index is 10.6. The number of ether oxygens (including phenoxy) is 3. The van der Waals surface area contributed by atoms with E-state index in [-0.39, 0.29) is 18.3 Å². The molecule has 2 heterocycles. The Kier molecular flexibility index (Phi) is 1.94. The number of hydrogen-bond donors (Lipinski definition) is 0. The van der Waals surface area contributed by atoms with Crippen molar-refractivity contribution < 1.29 is 19.0 Å². The molecule has 0 amide bonds. The average Bonchev–Trinajstić information content (AvgIpc) is 2.47. The number of rotatable bonds is 1. The van der Waals surface area contributed by atoms with Gasteiger partial charge in [0.1, 0.15) is 18.3 Å². The van der Waals surface area contributed by atoms with E-state index in [1.54, 1.807) is 0 Å². The Morgan fingerprint density at radius 1 is 1.23 bits per heavy atom. The van der Waals surface area contributed by atoms with Gasteiger partial charge in [-0.3, -0.25) is 0 Å². The minimum atomic E-state index is -0.589. The Labute approximate surface area is 77.1 Å². The molecule has 2 aliphatic heterocycles. The van der Waals surface area contributed by atoms with Gasteiger partial charge in [0.25, 0.3) is 0 Å². The largest absolute Gasteiger partial charge is 0.362 e. The minimum Gasteiger partial charge on any atom is -0.362 e. The highest BCUT2D eigenvalue weighted by Gasteiger charge is 2.53. The van der Waals surface area contributed by atoms with E-state index >= 15 is 0 Å². The molecule has 0 saturated carbocycles. The third-order valence-electron chi connectivity index (χ3n) is 2.46. The highest BCUT2D eigenvalue weighted by Crippen LogP contribution is 2.37. The standard InChI is InChI=1S/C9H14O4/c1-5-7-8(6(4-10)11-5)13-9(2,3)12-7/h4-8H,1-3H3/t5-,6+,7-,8+/m0/s1. The predicted octanol–water partition coefficient (Wildman–Crippen LogP) is 0.493. The summed E-state index contributed by atoms with van der Waals surface area (Å²) in [6, 6.07) is 0. The van der Waals surface area contributed by atoms with Crippen LogP contribution >= 0.6 is 0 Å². The Balaban J connectivity index is 2.17. The minimum absolute atomic E-state index is 0.0676. The lowest BCUT2D eigenvalue weighted by Crippen LogP contribution is -2.30. The predicted molar refractivity (Wildman–Crippen MR) is 44.2 cm³/mol. The number of carbonyl (C=O) groups is 1. The molecular weight excluding hydrogens is 172 g/mol. The summed E-state index contributed by atoms with van der Waals surface area (Å²) in [5, 5.41) is 0. The maximum atomic E-state index is 10.6. The summed E-state index contributed by atoms with van der Waals surface area (Å²) in [6.45, 7) is 5.59. The van der Waals surface area contributed by atoms with Crippen LogP contribution in [0.3, 0.4) is 0 Å². The Morgan fingerprint density at radius 2 is 1.85 bits per heavy atom. The molecule has 4 atom stereocenters. The summed E-state index contributed by atoms with van der Waals surface area (Å²) >= 11 is 0. The van der Waals surface area contributed by atoms with Crippen LogP contribution in [0.1, 0.15) is 20.8 Å². The first-order valence-electron chi connectivity index (χ1n) is 4.50. The van der Waals surface area contributed by atoms with Crippen molar-refractivity contribution in [2.45, 2.75) is 51.0 Å². The smallest absolute Gasteiger partial charge is 0.164 e. The zero-order valence-electron chi connectivity index (χ0n) is 8.02. The molecule has 0 aliphatic carbocycles. The van der Waals surface area contributed by atoms with Crippen LogP contribution in [-0.4, -0.2) is 36.5 Å². The van der Waals surface area contributed by atoms with E-state index in [4.69, 9.17) is 14.2 Å². The second kappa shape index (κ2) is 2.77. The van der Waals surface area contributed by atoms with E-state index in [1.807, 2.05) is 20.8 Å². The fourth-order valence-electron chi connectivity index (χ4n) is 1.95. The topological polar surface area (TPSA) is 44.8 Å². The molecule has 13 heavy (non-hydrogen) atoms. The van der Waals surface area contributed by atoms with Crippen molar-refractivity contribution in [3.63, 3.8) is 0 Å². The fourth-order valence-corrected chi connectivity index (χ4v) is 1.95. The van der Waals surface area contributed by atoms with Crippen molar-refractivity contribution in [2.75, 3.05) is 0 Å². The fraction of sp³-hybridized carbons (Fsp3) is 0.889. The van der Waals surface area contributed by atoms with Crippen molar-refractivity contribution in [3.8, 4) is 0 Å². The normalized spacial score (nSPS) is 47.6. The molecule has 0 N–H and O–H groups in total. The van der Waals surface area contributed by atoms with E-state index in [1.165, 1.54) is 0 Å². The van der Waals surface area contributed by atoms with E-state index in [9.17, 15) is 4.79 Å². The van der Waals surface area contributed by atoms with Crippen LogP contribution in [0.5, 0.6) is 0 Å². The van der Waals surface area contributed by atoms with Crippen molar-refractivity contribution >= 4 is 6.29 Å². The molecule has 4 heteroatoms. The second-order valence-electron chi connectivity index (χ2n) is 4.01. The number of hydrogen-bond acceptors (Lipinski definition) is 4. The highest BCUT2D eigenvalue weighted by molar-refractivity contribution is 5.58. The van der Waals surface area contributed by atoms with Crippen LogP contribution in [0.4, 0.5) is 0 Å². The molecule has 0 unspecified atom stereocenters. The van der Waals surface area contributed by atoms with Crippen molar-refractivity contribution in [2.24, 2.45) is 0 Å². The maximum Gasteiger partial charge on any atom is 0.164 e. The van der Waals surface area contributed by atoms with Gasteiger partial charge in [0.2, 0.25) is 0 Å². The van der Waals surface area contributed by atoms with Crippen LogP contribution in [0.2, 0.25) is 0 Å². The summed E-state index contributed by atoms with van der Waals surface area (Å²) in [4.78, 5) is 10.6. The van der Waals surface area contributed by atoms with E-state index in [0.717, 1.165) is 6.29 Å². The van der Waals surface area contributed by atoms with Gasteiger partial charge in [0.15, 0.2) is 12.1 Å². The van der Waals surface area contributed by atoms with Gasteiger partial charge in [0.05, 0.1) is 6.10 Å². The van der Waals surface area contributed by atoms with E-state index in [2.05, 4.69) is 0 Å². The van der Waals surface area contributed by atoms with Crippen LogP contribution < -0.4 is 0 Å². The summed E-state index contributed by atoms with van der Waals surface area (Å²) in [5.74, 6) is -0.589. The van der Waals surface area contributed by atoms with Crippen LogP contribution in [0.25, 0.3) is 0 Å². The second-order valence-corrected chi connectivity index (χ2v) is 4.01.